The molecule has 0 radical (unpaired) electrons. The lowest BCUT2D eigenvalue weighted by molar-refractivity contribution is -0.123. The summed E-state index contributed by atoms with van der Waals surface area (Å²) in [6.45, 7) is 5.23. The Labute approximate surface area is 131 Å². The van der Waals surface area contributed by atoms with Gasteiger partial charge >= 0.3 is 0 Å². The Hall–Kier alpha value is -1.46. The summed E-state index contributed by atoms with van der Waals surface area (Å²) in [7, 11) is 0. The van der Waals surface area contributed by atoms with Crippen molar-refractivity contribution < 1.29 is 14.3 Å². The molecule has 4 nitrogen and oxygen atoms in total. The first-order valence-corrected chi connectivity index (χ1v) is 7.81. The summed E-state index contributed by atoms with van der Waals surface area (Å²) in [5.41, 5.74) is 0.386. The number of piperidine rings is 1. The number of hydrogen-bond donors (Lipinski definition) is 3. The monoisotopic (exact) mass is 308 g/mol. The molecule has 5 heteroatoms. The van der Waals surface area contributed by atoms with Crippen LogP contribution in [0.1, 0.15) is 44.8 Å². The largest absolute Gasteiger partial charge is 0.387 e. The predicted molar refractivity (Wildman–Crippen MR) is 83.8 cm³/mol. The van der Waals surface area contributed by atoms with Crippen molar-refractivity contribution in [2.24, 2.45) is 5.92 Å². The van der Waals surface area contributed by atoms with Gasteiger partial charge in [0.15, 0.2) is 0 Å². The molecule has 1 aliphatic rings. The minimum Gasteiger partial charge on any atom is -0.387 e. The van der Waals surface area contributed by atoms with Crippen molar-refractivity contribution >= 4 is 5.91 Å². The van der Waals surface area contributed by atoms with Crippen LogP contribution in [-0.2, 0) is 4.79 Å². The Balaban J connectivity index is 1.84. The van der Waals surface area contributed by atoms with Gasteiger partial charge in [-0.1, -0.05) is 12.1 Å². The first kappa shape index (κ1) is 16.9. The van der Waals surface area contributed by atoms with Crippen LogP contribution >= 0.6 is 0 Å². The molecule has 0 aromatic heterocycles. The average molecular weight is 308 g/mol. The SMILES string of the molecule is CC(C)(C[C@H]1CCNC(=O)C1)NC[C@H](O)c1cccc(F)c1. The fourth-order valence-corrected chi connectivity index (χ4v) is 3.02. The molecule has 1 aromatic rings. The second-order valence-corrected chi connectivity index (χ2v) is 6.75. The summed E-state index contributed by atoms with van der Waals surface area (Å²) in [6, 6.07) is 6.03. The maximum absolute atomic E-state index is 13.2. The van der Waals surface area contributed by atoms with E-state index in [0.717, 1.165) is 19.4 Å². The Kier molecular flexibility index (Phi) is 5.53. The second-order valence-electron chi connectivity index (χ2n) is 6.75. The van der Waals surface area contributed by atoms with E-state index >= 15 is 0 Å². The van der Waals surface area contributed by atoms with Gasteiger partial charge in [-0.2, -0.15) is 0 Å². The van der Waals surface area contributed by atoms with E-state index in [-0.39, 0.29) is 17.3 Å². The van der Waals surface area contributed by atoms with E-state index in [9.17, 15) is 14.3 Å². The molecular weight excluding hydrogens is 283 g/mol. The number of rotatable bonds is 6. The molecule has 1 saturated heterocycles. The predicted octanol–water partition coefficient (Wildman–Crippen LogP) is 2.14. The lowest BCUT2D eigenvalue weighted by Gasteiger charge is -2.33. The van der Waals surface area contributed by atoms with Gasteiger partial charge < -0.3 is 15.7 Å². The van der Waals surface area contributed by atoms with Gasteiger partial charge in [-0.3, -0.25) is 4.79 Å². The van der Waals surface area contributed by atoms with Crippen LogP contribution in [0.15, 0.2) is 24.3 Å². The molecule has 0 saturated carbocycles. The maximum Gasteiger partial charge on any atom is 0.220 e. The van der Waals surface area contributed by atoms with Gasteiger partial charge in [-0.05, 0) is 50.3 Å². The minimum atomic E-state index is -0.746. The highest BCUT2D eigenvalue weighted by Gasteiger charge is 2.27. The fraction of sp³-hybridized carbons (Fsp3) is 0.588. The summed E-state index contributed by atoms with van der Waals surface area (Å²) < 4.78 is 13.2. The number of amides is 1. The van der Waals surface area contributed by atoms with Crippen molar-refractivity contribution in [2.45, 2.75) is 44.8 Å². The molecule has 1 fully saturated rings. The molecule has 122 valence electrons. The number of hydrogen-bond acceptors (Lipinski definition) is 3. The van der Waals surface area contributed by atoms with Crippen LogP contribution in [0.25, 0.3) is 0 Å². The third-order valence-corrected chi connectivity index (χ3v) is 4.16. The van der Waals surface area contributed by atoms with Crippen molar-refractivity contribution in [3.8, 4) is 0 Å². The number of carbonyl (C=O) groups is 1. The average Bonchev–Trinajstić information content (AvgIpc) is 2.44. The van der Waals surface area contributed by atoms with Crippen molar-refractivity contribution in [1.29, 1.82) is 0 Å². The van der Waals surface area contributed by atoms with Crippen molar-refractivity contribution in [3.05, 3.63) is 35.6 Å². The minimum absolute atomic E-state index is 0.117. The smallest absolute Gasteiger partial charge is 0.220 e. The Morgan fingerprint density at radius 3 is 2.95 bits per heavy atom. The first-order chi connectivity index (χ1) is 10.4. The summed E-state index contributed by atoms with van der Waals surface area (Å²) in [5.74, 6) is 0.137. The molecule has 1 aliphatic heterocycles. The standard InChI is InChI=1S/C17H25FN2O2/c1-17(2,10-12-6-7-19-16(22)8-12)20-11-15(21)13-4-3-5-14(18)9-13/h3-5,9,12,15,20-21H,6-8,10-11H2,1-2H3,(H,19,22)/t12-,15-/m0/s1. The molecule has 22 heavy (non-hydrogen) atoms. The molecule has 3 N–H and O–H groups in total. The van der Waals surface area contributed by atoms with Crippen LogP contribution in [0.3, 0.4) is 0 Å². The van der Waals surface area contributed by atoms with Gasteiger partial charge in [0.05, 0.1) is 6.10 Å². The molecule has 1 aromatic carbocycles. The van der Waals surface area contributed by atoms with E-state index in [0.29, 0.717) is 24.4 Å². The lowest BCUT2D eigenvalue weighted by atomic mass is 9.84. The first-order valence-electron chi connectivity index (χ1n) is 7.81. The highest BCUT2D eigenvalue weighted by atomic mass is 19.1. The number of aliphatic hydroxyl groups excluding tert-OH is 1. The lowest BCUT2D eigenvalue weighted by Crippen LogP contribution is -2.45. The Bertz CT molecular complexity index is 519. The number of benzene rings is 1. The third kappa shape index (κ3) is 5.07. The summed E-state index contributed by atoms with van der Waals surface area (Å²) in [6.07, 6.45) is 1.68. The molecule has 0 bridgehead atoms. The number of halogens is 1. The number of aliphatic hydroxyl groups is 1. The van der Waals surface area contributed by atoms with E-state index in [1.807, 2.05) is 0 Å². The van der Waals surface area contributed by atoms with E-state index in [2.05, 4.69) is 24.5 Å². The molecule has 0 spiro atoms. The van der Waals surface area contributed by atoms with E-state index in [1.54, 1.807) is 12.1 Å². The molecule has 0 aliphatic carbocycles. The molecular formula is C17H25FN2O2. The van der Waals surface area contributed by atoms with Gasteiger partial charge in [0.1, 0.15) is 5.82 Å². The highest BCUT2D eigenvalue weighted by Crippen LogP contribution is 2.25. The van der Waals surface area contributed by atoms with Crippen molar-refractivity contribution in [1.82, 2.24) is 10.6 Å². The zero-order valence-corrected chi connectivity index (χ0v) is 13.2. The van der Waals surface area contributed by atoms with Gasteiger partial charge in [0.2, 0.25) is 5.91 Å². The van der Waals surface area contributed by atoms with Crippen LogP contribution in [0, 0.1) is 11.7 Å². The quantitative estimate of drug-likeness (QED) is 0.754. The van der Waals surface area contributed by atoms with Crippen LogP contribution in [0.2, 0.25) is 0 Å². The summed E-state index contributed by atoms with van der Waals surface area (Å²) in [5, 5.41) is 16.3. The van der Waals surface area contributed by atoms with Gasteiger partial charge in [-0.15, -0.1) is 0 Å². The van der Waals surface area contributed by atoms with Gasteiger partial charge in [-0.25, -0.2) is 4.39 Å². The van der Waals surface area contributed by atoms with Crippen molar-refractivity contribution in [3.63, 3.8) is 0 Å². The zero-order valence-electron chi connectivity index (χ0n) is 13.2. The zero-order chi connectivity index (χ0) is 16.2. The summed E-state index contributed by atoms with van der Waals surface area (Å²) in [4.78, 5) is 11.4. The third-order valence-electron chi connectivity index (χ3n) is 4.16. The maximum atomic E-state index is 13.2. The molecule has 1 amide bonds. The van der Waals surface area contributed by atoms with Crippen LogP contribution < -0.4 is 10.6 Å². The second kappa shape index (κ2) is 7.20. The van der Waals surface area contributed by atoms with E-state index < -0.39 is 6.10 Å². The Morgan fingerprint density at radius 1 is 1.50 bits per heavy atom. The molecule has 2 atom stereocenters. The normalized spacial score (nSPS) is 20.5. The Morgan fingerprint density at radius 2 is 2.27 bits per heavy atom. The molecule has 2 rings (SSSR count). The number of β-amino-alcohol motifs (C(OH)–C–C–N with tert-alkyl or cyclic N) is 1. The topological polar surface area (TPSA) is 61.4 Å². The molecule has 1 heterocycles. The molecule has 0 unspecified atom stereocenters. The number of nitrogens with one attached hydrogen (secondary N) is 2. The van der Waals surface area contributed by atoms with Crippen LogP contribution in [0.5, 0.6) is 0 Å². The van der Waals surface area contributed by atoms with Gasteiger partial charge in [0, 0.05) is 25.0 Å². The highest BCUT2D eigenvalue weighted by molar-refractivity contribution is 5.76. The number of carbonyl (C=O) groups excluding carboxylic acids is 1. The van der Waals surface area contributed by atoms with E-state index in [1.165, 1.54) is 12.1 Å². The van der Waals surface area contributed by atoms with Crippen LogP contribution in [0.4, 0.5) is 4.39 Å². The summed E-state index contributed by atoms with van der Waals surface area (Å²) >= 11 is 0. The van der Waals surface area contributed by atoms with Crippen molar-refractivity contribution in [2.75, 3.05) is 13.1 Å². The fourth-order valence-electron chi connectivity index (χ4n) is 3.02. The van der Waals surface area contributed by atoms with Gasteiger partial charge in [0.25, 0.3) is 0 Å². The van der Waals surface area contributed by atoms with E-state index in [4.69, 9.17) is 0 Å². The van der Waals surface area contributed by atoms with Crippen LogP contribution in [-0.4, -0.2) is 29.6 Å².